The molecule has 0 aliphatic carbocycles. The number of benzene rings is 1. The van der Waals surface area contributed by atoms with E-state index in [1.165, 1.54) is 5.56 Å². The minimum atomic E-state index is 0.577. The Morgan fingerprint density at radius 1 is 1.44 bits per heavy atom. The Labute approximate surface area is 111 Å². The summed E-state index contributed by atoms with van der Waals surface area (Å²) in [5.41, 5.74) is 1.42. The van der Waals surface area contributed by atoms with E-state index >= 15 is 0 Å². The lowest BCUT2D eigenvalue weighted by molar-refractivity contribution is 0.153. The monoisotopic (exact) mass is 244 g/mol. The summed E-state index contributed by atoms with van der Waals surface area (Å²) in [4.78, 5) is 2.58. The van der Waals surface area contributed by atoms with E-state index in [4.69, 9.17) is 0 Å². The molecule has 0 bridgehead atoms. The van der Waals surface area contributed by atoms with Crippen molar-refractivity contribution in [2.45, 2.75) is 31.8 Å². The van der Waals surface area contributed by atoms with Crippen LogP contribution in [0.2, 0.25) is 0 Å². The molecule has 1 aromatic carbocycles. The van der Waals surface area contributed by atoms with Gasteiger partial charge in [0.25, 0.3) is 0 Å². The first kappa shape index (κ1) is 13.3. The maximum absolute atomic E-state index is 3.84. The maximum atomic E-state index is 3.84. The number of nitrogens with one attached hydrogen (secondary N) is 1. The van der Waals surface area contributed by atoms with Gasteiger partial charge in [-0.15, -0.1) is 6.58 Å². The molecule has 0 aromatic heterocycles. The van der Waals surface area contributed by atoms with E-state index in [0.29, 0.717) is 12.1 Å². The quantitative estimate of drug-likeness (QED) is 0.801. The van der Waals surface area contributed by atoms with Crippen LogP contribution >= 0.6 is 0 Å². The lowest BCUT2D eigenvalue weighted by Crippen LogP contribution is -2.54. The van der Waals surface area contributed by atoms with Crippen molar-refractivity contribution in [1.82, 2.24) is 10.2 Å². The van der Waals surface area contributed by atoms with Crippen LogP contribution in [0.5, 0.6) is 0 Å². The fourth-order valence-electron chi connectivity index (χ4n) is 2.68. The van der Waals surface area contributed by atoms with Crippen LogP contribution in [-0.4, -0.2) is 36.6 Å². The van der Waals surface area contributed by atoms with Gasteiger partial charge in [-0.2, -0.15) is 0 Å². The average Bonchev–Trinajstić information content (AvgIpc) is 2.40. The number of nitrogens with zero attached hydrogens (tertiary/aromatic N) is 1. The van der Waals surface area contributed by atoms with Crippen LogP contribution in [0.25, 0.3) is 0 Å². The van der Waals surface area contributed by atoms with Crippen LogP contribution in [0.15, 0.2) is 43.0 Å². The molecule has 2 rings (SSSR count). The number of rotatable bonds is 5. The molecule has 1 heterocycles. The molecule has 0 spiro atoms. The zero-order chi connectivity index (χ0) is 12.8. The lowest BCUT2D eigenvalue weighted by Gasteiger charge is -2.37. The summed E-state index contributed by atoms with van der Waals surface area (Å²) in [6.07, 6.45) is 4.23. The fraction of sp³-hybridized carbons (Fsp3) is 0.500. The Bertz CT molecular complexity index is 361. The molecule has 18 heavy (non-hydrogen) atoms. The number of hydrogen-bond donors (Lipinski definition) is 1. The highest BCUT2D eigenvalue weighted by molar-refractivity contribution is 5.16. The maximum Gasteiger partial charge on any atom is 0.0236 e. The normalized spacial score (nSPS) is 22.6. The summed E-state index contributed by atoms with van der Waals surface area (Å²) in [6, 6.07) is 11.9. The van der Waals surface area contributed by atoms with Crippen molar-refractivity contribution in [2.75, 3.05) is 19.6 Å². The average molecular weight is 244 g/mol. The number of hydrogen-bond acceptors (Lipinski definition) is 2. The first-order valence-electron chi connectivity index (χ1n) is 6.92. The van der Waals surface area contributed by atoms with Crippen LogP contribution in [0.3, 0.4) is 0 Å². The minimum absolute atomic E-state index is 0.577. The highest BCUT2D eigenvalue weighted by Crippen LogP contribution is 2.11. The van der Waals surface area contributed by atoms with Crippen LogP contribution in [0.4, 0.5) is 0 Å². The summed E-state index contributed by atoms with van der Waals surface area (Å²) in [5.74, 6) is 0. The van der Waals surface area contributed by atoms with Gasteiger partial charge >= 0.3 is 0 Å². The molecule has 1 aromatic rings. The molecular weight excluding hydrogens is 220 g/mol. The molecule has 98 valence electrons. The molecule has 1 saturated heterocycles. The Kier molecular flexibility index (Phi) is 4.97. The summed E-state index contributed by atoms with van der Waals surface area (Å²) < 4.78 is 0. The molecule has 2 heteroatoms. The second-order valence-corrected chi connectivity index (χ2v) is 5.21. The second kappa shape index (κ2) is 6.72. The van der Waals surface area contributed by atoms with Gasteiger partial charge in [0.05, 0.1) is 0 Å². The molecule has 1 aliphatic rings. The van der Waals surface area contributed by atoms with Crippen molar-refractivity contribution in [1.29, 1.82) is 0 Å². The van der Waals surface area contributed by atoms with E-state index in [9.17, 15) is 0 Å². The Morgan fingerprint density at radius 2 is 2.22 bits per heavy atom. The zero-order valence-corrected chi connectivity index (χ0v) is 11.3. The van der Waals surface area contributed by atoms with Gasteiger partial charge < -0.3 is 5.32 Å². The molecule has 1 N–H and O–H groups in total. The molecule has 0 amide bonds. The van der Waals surface area contributed by atoms with E-state index in [-0.39, 0.29) is 0 Å². The summed E-state index contributed by atoms with van der Waals surface area (Å²) in [5, 5.41) is 3.63. The second-order valence-electron chi connectivity index (χ2n) is 5.21. The van der Waals surface area contributed by atoms with Crippen LogP contribution < -0.4 is 5.32 Å². The molecule has 2 atom stereocenters. The van der Waals surface area contributed by atoms with Gasteiger partial charge in [0.2, 0.25) is 0 Å². The molecular formula is C16H24N2. The van der Waals surface area contributed by atoms with Crippen molar-refractivity contribution >= 4 is 0 Å². The first-order valence-corrected chi connectivity index (χ1v) is 6.92. The third-order valence-electron chi connectivity index (χ3n) is 3.74. The molecule has 1 fully saturated rings. The molecule has 0 saturated carbocycles. The van der Waals surface area contributed by atoms with Crippen molar-refractivity contribution in [3.05, 3.63) is 48.6 Å². The Balaban J connectivity index is 1.88. The minimum Gasteiger partial charge on any atom is -0.311 e. The Morgan fingerprint density at radius 3 is 2.94 bits per heavy atom. The summed E-state index contributed by atoms with van der Waals surface area (Å²) >= 11 is 0. The van der Waals surface area contributed by atoms with Crippen molar-refractivity contribution in [3.63, 3.8) is 0 Å². The fourth-order valence-corrected chi connectivity index (χ4v) is 2.68. The standard InChI is InChI=1S/C16H24N2/c1-3-7-14(2)18-11-10-17-16(13-18)12-15-8-5-4-6-9-15/h3-6,8-9,14,16-17H,1,7,10-13H2,2H3. The first-order chi connectivity index (χ1) is 8.79. The summed E-state index contributed by atoms with van der Waals surface area (Å²) in [7, 11) is 0. The van der Waals surface area contributed by atoms with Crippen LogP contribution in [0.1, 0.15) is 18.9 Å². The topological polar surface area (TPSA) is 15.3 Å². The Hall–Kier alpha value is -1.12. The van der Waals surface area contributed by atoms with Crippen LogP contribution in [-0.2, 0) is 6.42 Å². The largest absolute Gasteiger partial charge is 0.311 e. The highest BCUT2D eigenvalue weighted by atomic mass is 15.2. The predicted octanol–water partition coefficient (Wildman–Crippen LogP) is 2.47. The van der Waals surface area contributed by atoms with E-state index in [1.54, 1.807) is 0 Å². The van der Waals surface area contributed by atoms with Crippen molar-refractivity contribution < 1.29 is 0 Å². The van der Waals surface area contributed by atoms with Crippen LogP contribution in [0, 0.1) is 0 Å². The predicted molar refractivity (Wildman–Crippen MR) is 77.8 cm³/mol. The van der Waals surface area contributed by atoms with Crippen molar-refractivity contribution in [3.8, 4) is 0 Å². The van der Waals surface area contributed by atoms with E-state index in [2.05, 4.69) is 54.1 Å². The highest BCUT2D eigenvalue weighted by Gasteiger charge is 2.22. The van der Waals surface area contributed by atoms with Crippen molar-refractivity contribution in [2.24, 2.45) is 0 Å². The third kappa shape index (κ3) is 3.69. The molecule has 2 unspecified atom stereocenters. The van der Waals surface area contributed by atoms with E-state index < -0.39 is 0 Å². The van der Waals surface area contributed by atoms with Gasteiger partial charge in [0, 0.05) is 31.7 Å². The smallest absolute Gasteiger partial charge is 0.0236 e. The summed E-state index contributed by atoms with van der Waals surface area (Å²) in [6.45, 7) is 9.53. The third-order valence-corrected chi connectivity index (χ3v) is 3.74. The van der Waals surface area contributed by atoms with Gasteiger partial charge in [-0.1, -0.05) is 36.4 Å². The molecule has 0 radical (unpaired) electrons. The molecule has 1 aliphatic heterocycles. The van der Waals surface area contributed by atoms with E-state index in [0.717, 1.165) is 32.5 Å². The van der Waals surface area contributed by atoms with Gasteiger partial charge in [-0.3, -0.25) is 4.90 Å². The zero-order valence-electron chi connectivity index (χ0n) is 11.3. The SMILES string of the molecule is C=CCC(C)N1CCNC(Cc2ccccc2)C1. The lowest BCUT2D eigenvalue weighted by atomic mass is 10.0. The van der Waals surface area contributed by atoms with Gasteiger partial charge in [-0.05, 0) is 25.3 Å². The molecule has 2 nitrogen and oxygen atoms in total. The van der Waals surface area contributed by atoms with Gasteiger partial charge in [-0.25, -0.2) is 0 Å². The van der Waals surface area contributed by atoms with Gasteiger partial charge in [0.1, 0.15) is 0 Å². The number of piperazine rings is 1. The van der Waals surface area contributed by atoms with E-state index in [1.807, 2.05) is 6.08 Å². The van der Waals surface area contributed by atoms with Gasteiger partial charge in [0.15, 0.2) is 0 Å².